The minimum Gasteiger partial charge on any atom is -0.497 e. The highest BCUT2D eigenvalue weighted by Crippen LogP contribution is 2.38. The highest BCUT2D eigenvalue weighted by atomic mass is 32.1. The van der Waals surface area contributed by atoms with Crippen LogP contribution >= 0.6 is 11.3 Å². The number of halogens is 3. The van der Waals surface area contributed by atoms with Crippen molar-refractivity contribution in [2.45, 2.75) is 12.7 Å². The molecule has 0 unspecified atom stereocenters. The van der Waals surface area contributed by atoms with Gasteiger partial charge in [0, 0.05) is 11.8 Å². The minimum atomic E-state index is -4.74. The Morgan fingerprint density at radius 1 is 1.22 bits per heavy atom. The monoisotopic (exact) mass is 393 g/mol. The summed E-state index contributed by atoms with van der Waals surface area (Å²) in [6, 6.07) is 11.6. The van der Waals surface area contributed by atoms with E-state index in [1.54, 1.807) is 42.5 Å². The predicted octanol–water partition coefficient (Wildman–Crippen LogP) is 4.16. The predicted molar refractivity (Wildman–Crippen MR) is 94.5 cm³/mol. The first kappa shape index (κ1) is 18.8. The molecule has 3 aromatic rings. The van der Waals surface area contributed by atoms with Crippen molar-refractivity contribution in [2.24, 2.45) is 0 Å². The molecule has 27 heavy (non-hydrogen) atoms. The first-order chi connectivity index (χ1) is 12.9. The van der Waals surface area contributed by atoms with Gasteiger partial charge in [0.15, 0.2) is 5.69 Å². The lowest BCUT2D eigenvalue weighted by molar-refractivity contribution is -0.141. The number of hydrogen-bond acceptors (Lipinski definition) is 5. The standard InChI is InChI=1S/C18H14F3N3O2S/c1-26-13-7-4-5-11(9-13)17-24-15(18(19,20)21)14(27-17)16(25)23-10-12-6-2-3-8-22-12/h2-9H,10H2,1H3,(H,23,25). The quantitative estimate of drug-likeness (QED) is 0.707. The zero-order chi connectivity index (χ0) is 19.4. The Hall–Kier alpha value is -2.94. The van der Waals surface area contributed by atoms with E-state index in [0.717, 1.165) is 0 Å². The van der Waals surface area contributed by atoms with Crippen molar-refractivity contribution in [3.8, 4) is 16.3 Å². The summed E-state index contributed by atoms with van der Waals surface area (Å²) < 4.78 is 45.2. The van der Waals surface area contributed by atoms with Gasteiger partial charge in [0.2, 0.25) is 0 Å². The van der Waals surface area contributed by atoms with E-state index >= 15 is 0 Å². The maximum absolute atomic E-state index is 13.4. The fraction of sp³-hybridized carbons (Fsp3) is 0.167. The molecule has 0 aliphatic heterocycles. The number of thiazole rings is 1. The Morgan fingerprint density at radius 2 is 2.04 bits per heavy atom. The average molecular weight is 393 g/mol. The number of benzene rings is 1. The summed E-state index contributed by atoms with van der Waals surface area (Å²) in [5.41, 5.74) is -0.227. The van der Waals surface area contributed by atoms with Gasteiger partial charge in [-0.2, -0.15) is 13.2 Å². The molecule has 140 valence electrons. The Kier molecular flexibility index (Phi) is 5.41. The molecular formula is C18H14F3N3O2S. The Balaban J connectivity index is 1.91. The van der Waals surface area contributed by atoms with Crippen molar-refractivity contribution < 1.29 is 22.7 Å². The van der Waals surface area contributed by atoms with Crippen LogP contribution in [0.25, 0.3) is 10.6 Å². The molecule has 3 rings (SSSR count). The average Bonchev–Trinajstić information content (AvgIpc) is 3.13. The number of pyridine rings is 1. The van der Waals surface area contributed by atoms with E-state index in [9.17, 15) is 18.0 Å². The number of hydrogen-bond donors (Lipinski definition) is 1. The third kappa shape index (κ3) is 4.43. The van der Waals surface area contributed by atoms with Crippen LogP contribution in [0.1, 0.15) is 21.1 Å². The van der Waals surface area contributed by atoms with Crippen molar-refractivity contribution in [2.75, 3.05) is 7.11 Å². The largest absolute Gasteiger partial charge is 0.497 e. The van der Waals surface area contributed by atoms with Gasteiger partial charge in [-0.05, 0) is 24.3 Å². The van der Waals surface area contributed by atoms with Gasteiger partial charge in [0.25, 0.3) is 5.91 Å². The Morgan fingerprint density at radius 3 is 2.70 bits per heavy atom. The van der Waals surface area contributed by atoms with E-state index in [0.29, 0.717) is 28.3 Å². The van der Waals surface area contributed by atoms with Crippen LogP contribution in [0, 0.1) is 0 Å². The first-order valence-corrected chi connectivity index (χ1v) is 8.60. The summed E-state index contributed by atoms with van der Waals surface area (Å²) in [6.45, 7) is 0.0172. The summed E-state index contributed by atoms with van der Waals surface area (Å²) in [4.78, 5) is 19.6. The summed E-state index contributed by atoms with van der Waals surface area (Å²) in [5.74, 6) is -0.364. The lowest BCUT2D eigenvalue weighted by atomic mass is 10.2. The van der Waals surface area contributed by atoms with Crippen LogP contribution in [0.4, 0.5) is 13.2 Å². The molecule has 0 atom stereocenters. The Bertz CT molecular complexity index is 943. The molecule has 2 aromatic heterocycles. The molecule has 1 N–H and O–H groups in total. The third-order valence-electron chi connectivity index (χ3n) is 3.57. The van der Waals surface area contributed by atoms with Crippen LogP contribution in [0.3, 0.4) is 0 Å². The molecule has 0 saturated heterocycles. The molecule has 0 bridgehead atoms. The number of ether oxygens (including phenoxy) is 1. The molecular weight excluding hydrogens is 379 g/mol. The van der Waals surface area contributed by atoms with Gasteiger partial charge in [-0.3, -0.25) is 9.78 Å². The smallest absolute Gasteiger partial charge is 0.435 e. The maximum Gasteiger partial charge on any atom is 0.435 e. The molecule has 2 heterocycles. The second-order valence-electron chi connectivity index (χ2n) is 5.43. The fourth-order valence-corrected chi connectivity index (χ4v) is 3.30. The molecule has 0 radical (unpaired) electrons. The van der Waals surface area contributed by atoms with Gasteiger partial charge < -0.3 is 10.1 Å². The number of nitrogens with one attached hydrogen (secondary N) is 1. The summed E-state index contributed by atoms with van der Waals surface area (Å²) in [7, 11) is 1.46. The number of aromatic nitrogens is 2. The van der Waals surface area contributed by atoms with E-state index in [1.165, 1.54) is 13.3 Å². The topological polar surface area (TPSA) is 64.1 Å². The van der Waals surface area contributed by atoms with Crippen molar-refractivity contribution >= 4 is 17.2 Å². The summed E-state index contributed by atoms with van der Waals surface area (Å²) in [6.07, 6.45) is -3.21. The molecule has 1 amide bonds. The number of amides is 1. The van der Waals surface area contributed by atoms with Gasteiger partial charge in [0.1, 0.15) is 15.6 Å². The van der Waals surface area contributed by atoms with Gasteiger partial charge in [-0.25, -0.2) is 4.98 Å². The molecule has 5 nitrogen and oxygen atoms in total. The van der Waals surface area contributed by atoms with Crippen LogP contribution in [0.5, 0.6) is 5.75 Å². The van der Waals surface area contributed by atoms with Crippen molar-refractivity contribution in [1.29, 1.82) is 0 Å². The minimum absolute atomic E-state index is 0.0172. The van der Waals surface area contributed by atoms with Crippen molar-refractivity contribution in [3.05, 3.63) is 64.9 Å². The number of carbonyl (C=O) groups is 1. The lowest BCUT2D eigenvalue weighted by Crippen LogP contribution is -2.25. The second kappa shape index (κ2) is 7.75. The van der Waals surface area contributed by atoms with Gasteiger partial charge in [0.05, 0.1) is 19.3 Å². The van der Waals surface area contributed by atoms with E-state index in [4.69, 9.17) is 4.74 Å². The molecule has 0 spiro atoms. The molecule has 0 aliphatic rings. The molecule has 9 heteroatoms. The van der Waals surface area contributed by atoms with Crippen LogP contribution in [-0.2, 0) is 12.7 Å². The Labute approximate surface area is 156 Å². The zero-order valence-electron chi connectivity index (χ0n) is 14.1. The summed E-state index contributed by atoms with van der Waals surface area (Å²) in [5, 5.41) is 2.55. The molecule has 1 aromatic carbocycles. The lowest BCUT2D eigenvalue weighted by Gasteiger charge is -2.07. The van der Waals surface area contributed by atoms with E-state index < -0.39 is 22.7 Å². The number of rotatable bonds is 5. The van der Waals surface area contributed by atoms with Crippen LogP contribution in [0.15, 0.2) is 48.7 Å². The highest BCUT2D eigenvalue weighted by Gasteiger charge is 2.39. The van der Waals surface area contributed by atoms with E-state index in [-0.39, 0.29) is 11.6 Å². The zero-order valence-corrected chi connectivity index (χ0v) is 14.9. The first-order valence-electron chi connectivity index (χ1n) is 7.79. The van der Waals surface area contributed by atoms with Crippen molar-refractivity contribution in [1.82, 2.24) is 15.3 Å². The normalized spacial score (nSPS) is 11.3. The third-order valence-corrected chi connectivity index (χ3v) is 4.68. The van der Waals surface area contributed by atoms with Crippen molar-refractivity contribution in [3.63, 3.8) is 0 Å². The molecule has 0 saturated carbocycles. The number of alkyl halides is 3. The number of methoxy groups -OCH3 is 1. The highest BCUT2D eigenvalue weighted by molar-refractivity contribution is 7.17. The van der Waals surface area contributed by atoms with Crippen LogP contribution in [0.2, 0.25) is 0 Å². The second-order valence-corrected chi connectivity index (χ2v) is 6.43. The van der Waals surface area contributed by atoms with E-state index in [2.05, 4.69) is 15.3 Å². The van der Waals surface area contributed by atoms with E-state index in [1.807, 2.05) is 0 Å². The SMILES string of the molecule is COc1cccc(-c2nc(C(F)(F)F)c(C(=O)NCc3ccccn3)s2)c1. The van der Waals surface area contributed by atoms with Gasteiger partial charge in [-0.1, -0.05) is 18.2 Å². The number of nitrogens with zero attached hydrogens (tertiary/aromatic N) is 2. The fourth-order valence-electron chi connectivity index (χ4n) is 2.30. The number of carbonyl (C=O) groups excluding carboxylic acids is 1. The molecule has 0 fully saturated rings. The van der Waals surface area contributed by atoms with Crippen LogP contribution in [-0.4, -0.2) is 23.0 Å². The maximum atomic E-state index is 13.4. The van der Waals surface area contributed by atoms with Gasteiger partial charge >= 0.3 is 6.18 Å². The molecule has 0 aliphatic carbocycles. The van der Waals surface area contributed by atoms with Gasteiger partial charge in [-0.15, -0.1) is 11.3 Å². The van der Waals surface area contributed by atoms with Crippen LogP contribution < -0.4 is 10.1 Å². The summed E-state index contributed by atoms with van der Waals surface area (Å²) >= 11 is 0.683.